The highest BCUT2D eigenvalue weighted by Crippen LogP contribution is 2.22. The van der Waals surface area contributed by atoms with E-state index in [2.05, 4.69) is 24.7 Å². The molecular weight excluding hydrogens is 356 g/mol. The highest BCUT2D eigenvalue weighted by atomic mass is 35.5. The number of rotatable bonds is 7. The van der Waals surface area contributed by atoms with Crippen LogP contribution in [0, 0.1) is 5.92 Å². The topological polar surface area (TPSA) is 76.7 Å². The molecule has 0 aliphatic rings. The Morgan fingerprint density at radius 1 is 1.00 bits per heavy atom. The molecule has 0 saturated carbocycles. The van der Waals surface area contributed by atoms with Crippen LogP contribution in [0.15, 0.2) is 48.5 Å². The van der Waals surface area contributed by atoms with E-state index in [-0.39, 0.29) is 6.61 Å². The van der Waals surface area contributed by atoms with E-state index in [0.717, 1.165) is 0 Å². The summed E-state index contributed by atoms with van der Waals surface area (Å²) in [7, 11) is 0. The summed E-state index contributed by atoms with van der Waals surface area (Å²) in [5, 5.41) is 0.407. The first-order valence-corrected chi connectivity index (χ1v) is 8.53. The lowest BCUT2D eigenvalue weighted by Gasteiger charge is -2.11. The first-order valence-electron chi connectivity index (χ1n) is 8.15. The molecule has 2 rings (SSSR count). The third-order valence-corrected chi connectivity index (χ3v) is 3.52. The average molecular weight is 377 g/mol. The predicted octanol–water partition coefficient (Wildman–Crippen LogP) is 3.21. The normalized spacial score (nSPS) is 10.3. The van der Waals surface area contributed by atoms with Gasteiger partial charge in [0.2, 0.25) is 0 Å². The standard InChI is InChI=1S/C19H21ClN2O4/c1-13(2)11-25-15-9-7-14(8-10-15)19(24)22-21-18(23)12-26-17-6-4-3-5-16(17)20/h3-10,13H,11-12H2,1-2H3,(H,21,23)(H,22,24). The highest BCUT2D eigenvalue weighted by Gasteiger charge is 2.09. The zero-order valence-electron chi connectivity index (χ0n) is 14.6. The highest BCUT2D eigenvalue weighted by molar-refractivity contribution is 6.32. The fraction of sp³-hybridized carbons (Fsp3) is 0.263. The van der Waals surface area contributed by atoms with Gasteiger partial charge >= 0.3 is 0 Å². The molecule has 0 fully saturated rings. The number of para-hydroxylation sites is 1. The van der Waals surface area contributed by atoms with Crippen LogP contribution in [0.4, 0.5) is 0 Å². The van der Waals surface area contributed by atoms with Gasteiger partial charge in [-0.3, -0.25) is 20.4 Å². The molecule has 2 aromatic carbocycles. The predicted molar refractivity (Wildman–Crippen MR) is 99.3 cm³/mol. The van der Waals surface area contributed by atoms with Crippen LogP contribution >= 0.6 is 11.6 Å². The summed E-state index contributed by atoms with van der Waals surface area (Å²) < 4.78 is 10.8. The van der Waals surface area contributed by atoms with Gasteiger partial charge in [-0.05, 0) is 42.3 Å². The van der Waals surface area contributed by atoms with Gasteiger partial charge in [-0.2, -0.15) is 0 Å². The van der Waals surface area contributed by atoms with Crippen LogP contribution in [-0.4, -0.2) is 25.0 Å². The Morgan fingerprint density at radius 2 is 1.69 bits per heavy atom. The largest absolute Gasteiger partial charge is 0.493 e. The Bertz CT molecular complexity index is 747. The molecule has 0 radical (unpaired) electrons. The molecule has 7 heteroatoms. The Kier molecular flexibility index (Phi) is 7.29. The minimum atomic E-state index is -0.504. The lowest BCUT2D eigenvalue weighted by atomic mass is 10.2. The van der Waals surface area contributed by atoms with E-state index in [1.54, 1.807) is 48.5 Å². The number of hydrazine groups is 1. The van der Waals surface area contributed by atoms with E-state index in [4.69, 9.17) is 21.1 Å². The summed E-state index contributed by atoms with van der Waals surface area (Å²) in [6, 6.07) is 13.5. The van der Waals surface area contributed by atoms with Crippen molar-refractivity contribution in [1.82, 2.24) is 10.9 Å². The first kappa shape index (κ1) is 19.6. The van der Waals surface area contributed by atoms with Crippen molar-refractivity contribution < 1.29 is 19.1 Å². The van der Waals surface area contributed by atoms with Crippen molar-refractivity contribution in [2.45, 2.75) is 13.8 Å². The number of hydrogen-bond acceptors (Lipinski definition) is 4. The van der Waals surface area contributed by atoms with Gasteiger partial charge in [-0.15, -0.1) is 0 Å². The second kappa shape index (κ2) is 9.68. The van der Waals surface area contributed by atoms with E-state index in [1.807, 2.05) is 0 Å². The van der Waals surface area contributed by atoms with Crippen molar-refractivity contribution in [3.63, 3.8) is 0 Å². The summed E-state index contributed by atoms with van der Waals surface area (Å²) in [5.41, 5.74) is 5.01. The number of benzene rings is 2. The minimum Gasteiger partial charge on any atom is -0.493 e. The van der Waals surface area contributed by atoms with Crippen LogP contribution in [0.2, 0.25) is 5.02 Å². The summed E-state index contributed by atoms with van der Waals surface area (Å²) in [6.07, 6.45) is 0. The maximum Gasteiger partial charge on any atom is 0.276 e. The summed E-state index contributed by atoms with van der Waals surface area (Å²) in [5.74, 6) is 0.558. The van der Waals surface area contributed by atoms with Crippen LogP contribution in [-0.2, 0) is 4.79 Å². The Labute approximate surface area is 157 Å². The average Bonchev–Trinajstić information content (AvgIpc) is 2.64. The third kappa shape index (κ3) is 6.29. The molecule has 26 heavy (non-hydrogen) atoms. The second-order valence-corrected chi connectivity index (χ2v) is 6.36. The van der Waals surface area contributed by atoms with Gasteiger partial charge in [0, 0.05) is 5.56 Å². The van der Waals surface area contributed by atoms with Gasteiger partial charge in [0.25, 0.3) is 11.8 Å². The number of nitrogens with one attached hydrogen (secondary N) is 2. The maximum absolute atomic E-state index is 12.0. The summed E-state index contributed by atoms with van der Waals surface area (Å²) in [6.45, 7) is 4.44. The van der Waals surface area contributed by atoms with Crippen molar-refractivity contribution in [2.24, 2.45) is 5.92 Å². The van der Waals surface area contributed by atoms with E-state index >= 15 is 0 Å². The van der Waals surface area contributed by atoms with Gasteiger partial charge in [-0.1, -0.05) is 37.6 Å². The van der Waals surface area contributed by atoms with Crippen LogP contribution in [0.1, 0.15) is 24.2 Å². The van der Waals surface area contributed by atoms with E-state index in [0.29, 0.717) is 34.6 Å². The molecule has 138 valence electrons. The molecule has 0 heterocycles. The number of carbonyl (C=O) groups excluding carboxylic acids is 2. The van der Waals surface area contributed by atoms with Crippen molar-refractivity contribution in [3.8, 4) is 11.5 Å². The lowest BCUT2D eigenvalue weighted by molar-refractivity contribution is -0.123. The fourth-order valence-electron chi connectivity index (χ4n) is 1.91. The Hall–Kier alpha value is -2.73. The van der Waals surface area contributed by atoms with Crippen molar-refractivity contribution in [2.75, 3.05) is 13.2 Å². The SMILES string of the molecule is CC(C)COc1ccc(C(=O)NNC(=O)COc2ccccc2Cl)cc1. The molecular formula is C19H21ClN2O4. The third-order valence-electron chi connectivity index (χ3n) is 3.21. The van der Waals surface area contributed by atoms with E-state index in [1.165, 1.54) is 0 Å². The quantitative estimate of drug-likeness (QED) is 0.727. The molecule has 2 N–H and O–H groups in total. The molecule has 0 aromatic heterocycles. The Balaban J connectivity index is 1.77. The minimum absolute atomic E-state index is 0.272. The fourth-order valence-corrected chi connectivity index (χ4v) is 2.10. The van der Waals surface area contributed by atoms with Crippen LogP contribution < -0.4 is 20.3 Å². The smallest absolute Gasteiger partial charge is 0.276 e. The molecule has 2 amide bonds. The zero-order chi connectivity index (χ0) is 18.9. The lowest BCUT2D eigenvalue weighted by Crippen LogP contribution is -2.43. The summed E-state index contributed by atoms with van der Waals surface area (Å²) in [4.78, 5) is 23.8. The van der Waals surface area contributed by atoms with E-state index < -0.39 is 11.8 Å². The molecule has 0 saturated heterocycles. The van der Waals surface area contributed by atoms with Gasteiger partial charge < -0.3 is 9.47 Å². The molecule has 2 aromatic rings. The molecule has 6 nitrogen and oxygen atoms in total. The number of ether oxygens (including phenoxy) is 2. The number of amides is 2. The van der Waals surface area contributed by atoms with Crippen LogP contribution in [0.25, 0.3) is 0 Å². The first-order chi connectivity index (χ1) is 12.5. The van der Waals surface area contributed by atoms with Crippen LogP contribution in [0.3, 0.4) is 0 Å². The molecule has 0 aliphatic carbocycles. The second-order valence-electron chi connectivity index (χ2n) is 5.95. The van der Waals surface area contributed by atoms with Gasteiger partial charge in [0.1, 0.15) is 11.5 Å². The number of hydrogen-bond donors (Lipinski definition) is 2. The molecule has 0 unspecified atom stereocenters. The summed E-state index contributed by atoms with van der Waals surface area (Å²) >= 11 is 5.93. The Morgan fingerprint density at radius 3 is 2.35 bits per heavy atom. The van der Waals surface area contributed by atoms with Crippen molar-refractivity contribution in [3.05, 3.63) is 59.1 Å². The molecule has 0 atom stereocenters. The monoisotopic (exact) mass is 376 g/mol. The number of halogens is 1. The van der Waals surface area contributed by atoms with E-state index in [9.17, 15) is 9.59 Å². The molecule has 0 aliphatic heterocycles. The maximum atomic E-state index is 12.0. The van der Waals surface area contributed by atoms with Gasteiger partial charge in [0.15, 0.2) is 6.61 Å². The van der Waals surface area contributed by atoms with Crippen LogP contribution in [0.5, 0.6) is 11.5 Å². The molecule has 0 bridgehead atoms. The van der Waals surface area contributed by atoms with Crippen molar-refractivity contribution >= 4 is 23.4 Å². The number of carbonyl (C=O) groups is 2. The van der Waals surface area contributed by atoms with Gasteiger partial charge in [-0.25, -0.2) is 0 Å². The zero-order valence-corrected chi connectivity index (χ0v) is 15.4. The van der Waals surface area contributed by atoms with Crippen molar-refractivity contribution in [1.29, 1.82) is 0 Å². The van der Waals surface area contributed by atoms with Gasteiger partial charge in [0.05, 0.1) is 11.6 Å². The molecule has 0 spiro atoms.